The van der Waals surface area contributed by atoms with E-state index in [0.717, 1.165) is 11.4 Å². The van der Waals surface area contributed by atoms with Crippen LogP contribution in [0.2, 0.25) is 0 Å². The van der Waals surface area contributed by atoms with Crippen LogP contribution in [-0.2, 0) is 9.84 Å². The zero-order chi connectivity index (χ0) is 18.3. The van der Waals surface area contributed by atoms with E-state index in [9.17, 15) is 13.2 Å². The number of hydrogen-bond donors (Lipinski definition) is 1. The molecule has 136 valence electrons. The number of carbonyl (C=O) groups is 1. The molecule has 1 amide bonds. The minimum atomic E-state index is -3.04. The van der Waals surface area contributed by atoms with Gasteiger partial charge in [0.2, 0.25) is 0 Å². The third kappa shape index (κ3) is 3.09. The van der Waals surface area contributed by atoms with Crippen LogP contribution in [0, 0.1) is 12.8 Å². The van der Waals surface area contributed by atoms with Crippen molar-refractivity contribution in [1.29, 1.82) is 0 Å². The van der Waals surface area contributed by atoms with Gasteiger partial charge in [-0.2, -0.15) is 0 Å². The number of fused-ring (bicyclic) bond motifs is 1. The summed E-state index contributed by atoms with van der Waals surface area (Å²) in [5.74, 6) is 0.238. The molecule has 0 unspecified atom stereocenters. The highest BCUT2D eigenvalue weighted by Crippen LogP contribution is 2.35. The average Bonchev–Trinajstić information content (AvgIpc) is 3.18. The summed E-state index contributed by atoms with van der Waals surface area (Å²) >= 11 is 0. The van der Waals surface area contributed by atoms with Crippen molar-refractivity contribution in [2.24, 2.45) is 5.92 Å². The number of rotatable bonds is 3. The van der Waals surface area contributed by atoms with Crippen LogP contribution in [0.3, 0.4) is 0 Å². The van der Waals surface area contributed by atoms with Gasteiger partial charge in [-0.1, -0.05) is 29.8 Å². The molecule has 1 N–H and O–H groups in total. The highest BCUT2D eigenvalue weighted by Gasteiger charge is 2.47. The molecule has 2 atom stereocenters. The molecule has 26 heavy (non-hydrogen) atoms. The van der Waals surface area contributed by atoms with E-state index in [1.807, 2.05) is 49.4 Å². The molecule has 0 aromatic heterocycles. The Morgan fingerprint density at radius 1 is 1.08 bits per heavy atom. The maximum atomic E-state index is 13.0. The molecule has 2 aliphatic heterocycles. The van der Waals surface area contributed by atoms with Gasteiger partial charge in [-0.05, 0) is 43.5 Å². The fraction of sp³-hybridized carbons (Fsp3) is 0.350. The molecule has 0 bridgehead atoms. The van der Waals surface area contributed by atoms with E-state index in [-0.39, 0.29) is 22.8 Å². The number of amides is 1. The van der Waals surface area contributed by atoms with Gasteiger partial charge in [0.05, 0.1) is 22.3 Å². The highest BCUT2D eigenvalue weighted by atomic mass is 32.2. The molecule has 4 rings (SSSR count). The zero-order valence-corrected chi connectivity index (χ0v) is 15.5. The maximum absolute atomic E-state index is 13.0. The summed E-state index contributed by atoms with van der Waals surface area (Å²) in [6, 6.07) is 15.4. The zero-order valence-electron chi connectivity index (χ0n) is 14.7. The normalized spacial score (nSPS) is 23.7. The molecule has 0 saturated carbocycles. The number of carbonyl (C=O) groups excluding carboxylic acids is 1. The third-order valence-electron chi connectivity index (χ3n) is 5.39. The van der Waals surface area contributed by atoms with Gasteiger partial charge in [0.25, 0.3) is 5.91 Å². The van der Waals surface area contributed by atoms with Gasteiger partial charge in [-0.15, -0.1) is 0 Å². The predicted octanol–water partition coefficient (Wildman–Crippen LogP) is 3.00. The second-order valence-corrected chi connectivity index (χ2v) is 9.54. The van der Waals surface area contributed by atoms with Crippen LogP contribution >= 0.6 is 0 Å². The topological polar surface area (TPSA) is 66.5 Å². The van der Waals surface area contributed by atoms with E-state index >= 15 is 0 Å². The van der Waals surface area contributed by atoms with Crippen LogP contribution in [0.15, 0.2) is 48.5 Å². The number of anilines is 2. The fourth-order valence-corrected chi connectivity index (χ4v) is 6.05. The van der Waals surface area contributed by atoms with Crippen molar-refractivity contribution in [1.82, 2.24) is 4.90 Å². The van der Waals surface area contributed by atoms with Crippen LogP contribution in [-0.4, -0.2) is 43.3 Å². The van der Waals surface area contributed by atoms with Crippen LogP contribution in [0.4, 0.5) is 11.4 Å². The lowest BCUT2D eigenvalue weighted by atomic mass is 10.1. The third-order valence-corrected chi connectivity index (χ3v) is 7.65. The van der Waals surface area contributed by atoms with E-state index in [1.54, 1.807) is 11.0 Å². The van der Waals surface area contributed by atoms with Gasteiger partial charge in [0, 0.05) is 18.8 Å². The van der Waals surface area contributed by atoms with E-state index < -0.39 is 9.84 Å². The van der Waals surface area contributed by atoms with Crippen molar-refractivity contribution in [3.8, 4) is 0 Å². The minimum absolute atomic E-state index is 0.0844. The largest absolute Gasteiger partial charge is 0.355 e. The number of nitrogens with zero attached hydrogens (tertiary/aromatic N) is 1. The highest BCUT2D eigenvalue weighted by molar-refractivity contribution is 7.92. The van der Waals surface area contributed by atoms with Crippen LogP contribution in [0.5, 0.6) is 0 Å². The van der Waals surface area contributed by atoms with Crippen molar-refractivity contribution >= 4 is 27.1 Å². The van der Waals surface area contributed by atoms with E-state index in [0.29, 0.717) is 25.1 Å². The molecule has 2 aliphatic rings. The Labute approximate surface area is 153 Å². The van der Waals surface area contributed by atoms with Crippen molar-refractivity contribution in [3.05, 3.63) is 59.7 Å². The second kappa shape index (κ2) is 6.43. The molecular weight excluding hydrogens is 348 g/mol. The number of sulfone groups is 1. The lowest BCUT2D eigenvalue weighted by Gasteiger charge is -2.20. The minimum Gasteiger partial charge on any atom is -0.355 e. The summed E-state index contributed by atoms with van der Waals surface area (Å²) in [6.07, 6.45) is 0.667. The first-order valence-corrected chi connectivity index (χ1v) is 10.6. The van der Waals surface area contributed by atoms with Gasteiger partial charge in [0.1, 0.15) is 0 Å². The summed E-state index contributed by atoms with van der Waals surface area (Å²) in [7, 11) is -3.04. The average molecular weight is 370 g/mol. The number of para-hydroxylation sites is 1. The summed E-state index contributed by atoms with van der Waals surface area (Å²) in [4.78, 5) is 14.7. The van der Waals surface area contributed by atoms with Crippen molar-refractivity contribution in [2.75, 3.05) is 24.2 Å². The van der Waals surface area contributed by atoms with Crippen molar-refractivity contribution in [2.45, 2.75) is 18.6 Å². The Bertz CT molecular complexity index is 938. The van der Waals surface area contributed by atoms with E-state index in [4.69, 9.17) is 0 Å². The lowest BCUT2D eigenvalue weighted by molar-refractivity contribution is 0.0787. The predicted molar refractivity (Wildman–Crippen MR) is 102 cm³/mol. The fourth-order valence-electron chi connectivity index (χ4n) is 3.90. The number of benzene rings is 2. The molecule has 2 aromatic rings. The standard InChI is InChI=1S/C20H22N2O3S/c1-14-6-8-16(9-7-14)21-18-5-3-2-4-17(18)20(23)22-12-15-10-11-26(24,25)19(15)13-22/h2-9,15,19,21H,10-13H2,1H3/t15-,19+/m0/s1. The van der Waals surface area contributed by atoms with E-state index in [1.165, 1.54) is 5.56 Å². The van der Waals surface area contributed by atoms with Gasteiger partial charge in [-0.3, -0.25) is 4.79 Å². The molecule has 2 aromatic carbocycles. The van der Waals surface area contributed by atoms with Gasteiger partial charge < -0.3 is 10.2 Å². The monoisotopic (exact) mass is 370 g/mol. The number of nitrogens with one attached hydrogen (secondary N) is 1. The molecule has 2 fully saturated rings. The molecule has 0 radical (unpaired) electrons. The Kier molecular flexibility index (Phi) is 4.23. The first-order valence-electron chi connectivity index (χ1n) is 8.87. The Morgan fingerprint density at radius 2 is 1.81 bits per heavy atom. The molecule has 0 spiro atoms. The second-order valence-electron chi connectivity index (χ2n) is 7.20. The smallest absolute Gasteiger partial charge is 0.256 e. The summed E-state index contributed by atoms with van der Waals surface area (Å²) < 4.78 is 24.3. The van der Waals surface area contributed by atoms with Gasteiger partial charge >= 0.3 is 0 Å². The van der Waals surface area contributed by atoms with Crippen LogP contribution < -0.4 is 5.32 Å². The quantitative estimate of drug-likeness (QED) is 0.902. The van der Waals surface area contributed by atoms with Crippen LogP contribution in [0.1, 0.15) is 22.3 Å². The SMILES string of the molecule is Cc1ccc(Nc2ccccc2C(=O)N2C[C@@H]3CCS(=O)(=O)[C@@H]3C2)cc1. The molecule has 2 heterocycles. The number of hydrogen-bond acceptors (Lipinski definition) is 4. The molecule has 0 aliphatic carbocycles. The summed E-state index contributed by atoms with van der Waals surface area (Å²) in [5, 5.41) is 2.92. The molecule has 6 heteroatoms. The Balaban J connectivity index is 1.56. The summed E-state index contributed by atoms with van der Waals surface area (Å²) in [5.41, 5.74) is 3.40. The lowest BCUT2D eigenvalue weighted by Crippen LogP contribution is -2.32. The first kappa shape index (κ1) is 17.1. The molecular formula is C20H22N2O3S. The number of aryl methyl sites for hydroxylation is 1. The maximum Gasteiger partial charge on any atom is 0.256 e. The van der Waals surface area contributed by atoms with E-state index in [2.05, 4.69) is 5.32 Å². The summed E-state index contributed by atoms with van der Waals surface area (Å²) in [6.45, 7) is 2.87. The first-order chi connectivity index (χ1) is 12.4. The van der Waals surface area contributed by atoms with Crippen molar-refractivity contribution < 1.29 is 13.2 Å². The van der Waals surface area contributed by atoms with Gasteiger partial charge in [0.15, 0.2) is 9.84 Å². The Hall–Kier alpha value is -2.34. The van der Waals surface area contributed by atoms with Gasteiger partial charge in [-0.25, -0.2) is 8.42 Å². The molecule has 5 nitrogen and oxygen atoms in total. The van der Waals surface area contributed by atoms with Crippen molar-refractivity contribution in [3.63, 3.8) is 0 Å². The Morgan fingerprint density at radius 3 is 2.54 bits per heavy atom. The van der Waals surface area contributed by atoms with Crippen LogP contribution in [0.25, 0.3) is 0 Å². The number of likely N-dealkylation sites (tertiary alicyclic amines) is 1. The molecule has 2 saturated heterocycles.